The Hall–Kier alpha value is -2.25. The van der Waals surface area contributed by atoms with Crippen molar-refractivity contribution in [3.05, 3.63) is 64.1 Å². The molecule has 7 heteroatoms. The molecule has 2 amide bonds. The molecule has 0 fully saturated rings. The van der Waals surface area contributed by atoms with Gasteiger partial charge in [-0.15, -0.1) is 0 Å². The summed E-state index contributed by atoms with van der Waals surface area (Å²) in [5, 5.41) is 5.68. The van der Waals surface area contributed by atoms with Gasteiger partial charge in [-0.3, -0.25) is 14.9 Å². The van der Waals surface area contributed by atoms with Crippen LogP contribution in [0.1, 0.15) is 20.7 Å². The average Bonchev–Trinajstić information content (AvgIpc) is 2.54. The fourth-order valence-corrected chi connectivity index (χ4v) is 2.57. The van der Waals surface area contributed by atoms with Crippen molar-refractivity contribution in [2.75, 3.05) is 19.4 Å². The number of thiocarbonyl (C=S) groups is 1. The molecular formula is C17H16BrN3O2S. The van der Waals surface area contributed by atoms with E-state index in [9.17, 15) is 9.59 Å². The summed E-state index contributed by atoms with van der Waals surface area (Å²) in [6.45, 7) is 0. The standard InChI is InChI=1S/C17H16BrN3O2S/c1-21(2)16(23)12-6-4-8-14(10-12)19-17(24)20-15(22)11-5-3-7-13(18)9-11/h3-10H,1-2H3,(H2,19,20,22,24). The predicted molar refractivity (Wildman–Crippen MR) is 102 cm³/mol. The van der Waals surface area contributed by atoms with Crippen LogP contribution in [-0.4, -0.2) is 35.9 Å². The molecule has 2 rings (SSSR count). The summed E-state index contributed by atoms with van der Waals surface area (Å²) in [7, 11) is 3.37. The third-order valence-corrected chi connectivity index (χ3v) is 3.78. The first-order valence-electron chi connectivity index (χ1n) is 7.06. The van der Waals surface area contributed by atoms with E-state index in [4.69, 9.17) is 12.2 Å². The summed E-state index contributed by atoms with van der Waals surface area (Å²) in [4.78, 5) is 25.6. The lowest BCUT2D eigenvalue weighted by molar-refractivity contribution is 0.0827. The monoisotopic (exact) mass is 405 g/mol. The average molecular weight is 406 g/mol. The van der Waals surface area contributed by atoms with Gasteiger partial charge >= 0.3 is 0 Å². The van der Waals surface area contributed by atoms with Crippen LogP contribution in [0.5, 0.6) is 0 Å². The molecule has 0 saturated heterocycles. The zero-order chi connectivity index (χ0) is 17.7. The number of rotatable bonds is 3. The molecule has 124 valence electrons. The Morgan fingerprint density at radius 1 is 1.04 bits per heavy atom. The van der Waals surface area contributed by atoms with Gasteiger partial charge in [0.25, 0.3) is 11.8 Å². The molecule has 0 bridgehead atoms. The number of benzene rings is 2. The Morgan fingerprint density at radius 3 is 2.38 bits per heavy atom. The highest BCUT2D eigenvalue weighted by molar-refractivity contribution is 9.10. The second-order valence-corrected chi connectivity index (χ2v) is 6.52. The van der Waals surface area contributed by atoms with Gasteiger partial charge in [0.2, 0.25) is 0 Å². The smallest absolute Gasteiger partial charge is 0.257 e. The van der Waals surface area contributed by atoms with Gasteiger partial charge in [-0.1, -0.05) is 28.1 Å². The number of carbonyl (C=O) groups is 2. The van der Waals surface area contributed by atoms with Gasteiger partial charge in [0.1, 0.15) is 0 Å². The van der Waals surface area contributed by atoms with Crippen LogP contribution in [0.15, 0.2) is 53.0 Å². The molecule has 0 unspecified atom stereocenters. The molecular weight excluding hydrogens is 390 g/mol. The van der Waals surface area contributed by atoms with E-state index in [1.54, 1.807) is 56.6 Å². The maximum Gasteiger partial charge on any atom is 0.257 e. The molecule has 0 aliphatic carbocycles. The van der Waals surface area contributed by atoms with E-state index in [1.807, 2.05) is 6.07 Å². The second-order valence-electron chi connectivity index (χ2n) is 5.20. The molecule has 0 atom stereocenters. The highest BCUT2D eigenvalue weighted by atomic mass is 79.9. The number of hydrogen-bond acceptors (Lipinski definition) is 3. The fraction of sp³-hybridized carbons (Fsp3) is 0.118. The van der Waals surface area contributed by atoms with E-state index in [0.717, 1.165) is 4.47 Å². The third-order valence-electron chi connectivity index (χ3n) is 3.09. The Balaban J connectivity index is 2.03. The van der Waals surface area contributed by atoms with Crippen molar-refractivity contribution in [1.82, 2.24) is 10.2 Å². The maximum absolute atomic E-state index is 12.1. The second kappa shape index (κ2) is 8.03. The normalized spacial score (nSPS) is 9.96. The van der Waals surface area contributed by atoms with E-state index in [0.29, 0.717) is 16.8 Å². The molecule has 2 N–H and O–H groups in total. The molecule has 0 heterocycles. The van der Waals surface area contributed by atoms with Crippen molar-refractivity contribution in [2.24, 2.45) is 0 Å². The number of nitrogens with one attached hydrogen (secondary N) is 2. The molecule has 0 radical (unpaired) electrons. The van der Waals surface area contributed by atoms with E-state index in [-0.39, 0.29) is 16.9 Å². The lowest BCUT2D eigenvalue weighted by atomic mass is 10.2. The Kier molecular flexibility index (Phi) is 6.05. The van der Waals surface area contributed by atoms with Crippen LogP contribution in [0.25, 0.3) is 0 Å². The molecule has 5 nitrogen and oxygen atoms in total. The van der Waals surface area contributed by atoms with Gasteiger partial charge in [-0.25, -0.2) is 0 Å². The zero-order valence-electron chi connectivity index (χ0n) is 13.2. The van der Waals surface area contributed by atoms with Gasteiger partial charge in [0.05, 0.1) is 0 Å². The first-order valence-corrected chi connectivity index (χ1v) is 8.26. The van der Waals surface area contributed by atoms with Gasteiger partial charge in [-0.05, 0) is 48.6 Å². The van der Waals surface area contributed by atoms with Crippen molar-refractivity contribution >= 4 is 50.8 Å². The summed E-state index contributed by atoms with van der Waals surface area (Å²) in [5.41, 5.74) is 1.65. The number of hydrogen-bond donors (Lipinski definition) is 2. The molecule has 24 heavy (non-hydrogen) atoms. The molecule has 0 aliphatic rings. The van der Waals surface area contributed by atoms with Crippen LogP contribution >= 0.6 is 28.1 Å². The largest absolute Gasteiger partial charge is 0.345 e. The quantitative estimate of drug-likeness (QED) is 0.769. The minimum atomic E-state index is -0.311. The van der Waals surface area contributed by atoms with E-state index >= 15 is 0 Å². The first-order chi connectivity index (χ1) is 11.4. The van der Waals surface area contributed by atoms with Crippen LogP contribution in [0.4, 0.5) is 5.69 Å². The highest BCUT2D eigenvalue weighted by Crippen LogP contribution is 2.13. The van der Waals surface area contributed by atoms with Gasteiger partial charge in [0, 0.05) is 35.4 Å². The van der Waals surface area contributed by atoms with Crippen LogP contribution in [0, 0.1) is 0 Å². The molecule has 2 aromatic rings. The van der Waals surface area contributed by atoms with Crippen molar-refractivity contribution in [2.45, 2.75) is 0 Å². The summed E-state index contributed by atoms with van der Waals surface area (Å²) < 4.78 is 0.809. The fourth-order valence-electron chi connectivity index (χ4n) is 1.96. The van der Waals surface area contributed by atoms with Gasteiger partial charge < -0.3 is 10.2 Å². The summed E-state index contributed by atoms with van der Waals surface area (Å²) >= 11 is 8.47. The number of halogens is 1. The van der Waals surface area contributed by atoms with Crippen LogP contribution in [-0.2, 0) is 0 Å². The van der Waals surface area contributed by atoms with Crippen molar-refractivity contribution in [3.63, 3.8) is 0 Å². The summed E-state index contributed by atoms with van der Waals surface area (Å²) in [5.74, 6) is -0.419. The van der Waals surface area contributed by atoms with E-state index < -0.39 is 0 Å². The number of anilines is 1. The number of amides is 2. The summed E-state index contributed by atoms with van der Waals surface area (Å²) in [6, 6.07) is 13.9. The molecule has 0 spiro atoms. The minimum absolute atomic E-state index is 0.109. The first kappa shape index (κ1) is 18.1. The lowest BCUT2D eigenvalue weighted by Gasteiger charge is -2.13. The number of carbonyl (C=O) groups excluding carboxylic acids is 2. The topological polar surface area (TPSA) is 61.4 Å². The highest BCUT2D eigenvalue weighted by Gasteiger charge is 2.11. The van der Waals surface area contributed by atoms with Crippen LogP contribution < -0.4 is 10.6 Å². The Labute approximate surface area is 154 Å². The number of nitrogens with zero attached hydrogens (tertiary/aromatic N) is 1. The van der Waals surface area contributed by atoms with E-state index in [2.05, 4.69) is 26.6 Å². The van der Waals surface area contributed by atoms with E-state index in [1.165, 1.54) is 4.90 Å². The molecule has 0 aromatic heterocycles. The predicted octanol–water partition coefficient (Wildman–Crippen LogP) is 3.28. The van der Waals surface area contributed by atoms with Crippen LogP contribution in [0.2, 0.25) is 0 Å². The SMILES string of the molecule is CN(C)C(=O)c1cccc(NC(=S)NC(=O)c2cccc(Br)c2)c1. The van der Waals surface area contributed by atoms with Crippen LogP contribution in [0.3, 0.4) is 0 Å². The van der Waals surface area contributed by atoms with Crippen molar-refractivity contribution < 1.29 is 9.59 Å². The van der Waals surface area contributed by atoms with Crippen molar-refractivity contribution in [3.8, 4) is 0 Å². The molecule has 2 aromatic carbocycles. The summed E-state index contributed by atoms with van der Waals surface area (Å²) in [6.07, 6.45) is 0. The Morgan fingerprint density at radius 2 is 1.71 bits per heavy atom. The Bertz CT molecular complexity index is 793. The third kappa shape index (κ3) is 4.87. The zero-order valence-corrected chi connectivity index (χ0v) is 15.6. The van der Waals surface area contributed by atoms with Gasteiger partial charge in [0.15, 0.2) is 5.11 Å². The lowest BCUT2D eigenvalue weighted by Crippen LogP contribution is -2.34. The maximum atomic E-state index is 12.1. The van der Waals surface area contributed by atoms with Gasteiger partial charge in [-0.2, -0.15) is 0 Å². The minimum Gasteiger partial charge on any atom is -0.345 e. The van der Waals surface area contributed by atoms with Crippen molar-refractivity contribution in [1.29, 1.82) is 0 Å². The molecule has 0 saturated carbocycles. The molecule has 0 aliphatic heterocycles.